The average molecular weight is 310 g/mol. The maximum atomic E-state index is 5.99. The molecular weight excluding hydrogens is 293 g/mol. The van der Waals surface area contributed by atoms with E-state index < -0.39 is 0 Å². The maximum absolute atomic E-state index is 5.99. The molecule has 106 valence electrons. The van der Waals surface area contributed by atoms with E-state index in [1.54, 1.807) is 7.11 Å². The Morgan fingerprint density at radius 2 is 1.60 bits per heavy atom. The molecule has 20 heavy (non-hydrogen) atoms. The molecule has 2 nitrogen and oxygen atoms in total. The van der Waals surface area contributed by atoms with Gasteiger partial charge in [0.1, 0.15) is 0 Å². The summed E-state index contributed by atoms with van der Waals surface area (Å²) in [7, 11) is 1.70. The highest BCUT2D eigenvalue weighted by atomic mass is 35.5. The van der Waals surface area contributed by atoms with E-state index in [2.05, 4.69) is 23.5 Å². The number of hydrogen-bond acceptors (Lipinski definition) is 2. The average Bonchev–Trinajstić information content (AvgIpc) is 2.44. The molecule has 0 radical (unpaired) electrons. The van der Waals surface area contributed by atoms with Crippen LogP contribution in [0.15, 0.2) is 42.5 Å². The van der Waals surface area contributed by atoms with Gasteiger partial charge in [0.25, 0.3) is 0 Å². The maximum Gasteiger partial charge on any atom is 0.0713 e. The lowest BCUT2D eigenvalue weighted by Gasteiger charge is -2.08. The van der Waals surface area contributed by atoms with Gasteiger partial charge in [-0.25, -0.2) is 0 Å². The number of ether oxygens (including phenoxy) is 1. The zero-order valence-corrected chi connectivity index (χ0v) is 12.8. The summed E-state index contributed by atoms with van der Waals surface area (Å²) < 4.78 is 5.13. The molecule has 0 saturated heterocycles. The lowest BCUT2D eigenvalue weighted by atomic mass is 10.1. The monoisotopic (exact) mass is 309 g/mol. The molecular formula is C16H17Cl2NO. The van der Waals surface area contributed by atoms with Gasteiger partial charge in [0, 0.05) is 20.2 Å². The van der Waals surface area contributed by atoms with Gasteiger partial charge in [0.15, 0.2) is 0 Å². The Balaban J connectivity index is 1.89. The van der Waals surface area contributed by atoms with Crippen molar-refractivity contribution in [3.8, 4) is 0 Å². The van der Waals surface area contributed by atoms with Crippen molar-refractivity contribution in [3.05, 3.63) is 69.2 Å². The largest absolute Gasteiger partial charge is 0.380 e. The first-order chi connectivity index (χ1) is 9.69. The highest BCUT2D eigenvalue weighted by molar-refractivity contribution is 6.42. The van der Waals surface area contributed by atoms with E-state index in [0.717, 1.165) is 18.7 Å². The van der Waals surface area contributed by atoms with Crippen LogP contribution >= 0.6 is 23.2 Å². The van der Waals surface area contributed by atoms with Crippen molar-refractivity contribution in [2.45, 2.75) is 19.7 Å². The second-order valence-electron chi connectivity index (χ2n) is 4.60. The van der Waals surface area contributed by atoms with Gasteiger partial charge in [0.05, 0.1) is 16.7 Å². The molecule has 0 saturated carbocycles. The number of nitrogens with one attached hydrogen (secondary N) is 1. The summed E-state index contributed by atoms with van der Waals surface area (Å²) in [6.45, 7) is 2.20. The number of hydrogen-bond donors (Lipinski definition) is 1. The van der Waals surface area contributed by atoms with Gasteiger partial charge in [-0.15, -0.1) is 0 Å². The lowest BCUT2D eigenvalue weighted by molar-refractivity contribution is 0.185. The van der Waals surface area contributed by atoms with Crippen LogP contribution < -0.4 is 5.32 Å². The molecule has 2 aromatic carbocycles. The summed E-state index contributed by atoms with van der Waals surface area (Å²) in [6, 6.07) is 14.0. The molecule has 0 amide bonds. The second kappa shape index (κ2) is 7.65. The first-order valence-corrected chi connectivity index (χ1v) is 7.16. The summed E-state index contributed by atoms with van der Waals surface area (Å²) in [5.74, 6) is 0. The normalized spacial score (nSPS) is 10.8. The molecule has 0 bridgehead atoms. The van der Waals surface area contributed by atoms with Gasteiger partial charge in [-0.05, 0) is 28.8 Å². The van der Waals surface area contributed by atoms with Crippen LogP contribution in [0.25, 0.3) is 0 Å². The van der Waals surface area contributed by atoms with Crippen molar-refractivity contribution in [2.24, 2.45) is 0 Å². The number of methoxy groups -OCH3 is 1. The first-order valence-electron chi connectivity index (χ1n) is 6.40. The van der Waals surface area contributed by atoms with Crippen molar-refractivity contribution < 1.29 is 4.74 Å². The zero-order valence-electron chi connectivity index (χ0n) is 11.3. The topological polar surface area (TPSA) is 21.3 Å². The molecule has 2 rings (SSSR count). The smallest absolute Gasteiger partial charge is 0.0713 e. The molecule has 0 fully saturated rings. The Hall–Kier alpha value is -1.06. The van der Waals surface area contributed by atoms with E-state index >= 15 is 0 Å². The van der Waals surface area contributed by atoms with Crippen LogP contribution in [-0.2, 0) is 24.4 Å². The van der Waals surface area contributed by atoms with Gasteiger partial charge in [0.2, 0.25) is 0 Å². The molecule has 0 unspecified atom stereocenters. The molecule has 0 aromatic heterocycles. The predicted molar refractivity (Wildman–Crippen MR) is 84.2 cm³/mol. The Labute approximate surface area is 129 Å². The Kier molecular flexibility index (Phi) is 5.86. The number of benzene rings is 2. The minimum absolute atomic E-state index is 0.586. The van der Waals surface area contributed by atoms with Gasteiger partial charge in [-0.2, -0.15) is 0 Å². The molecule has 0 heterocycles. The Bertz CT molecular complexity index is 572. The third kappa shape index (κ3) is 4.50. The van der Waals surface area contributed by atoms with Gasteiger partial charge >= 0.3 is 0 Å². The van der Waals surface area contributed by atoms with E-state index in [-0.39, 0.29) is 0 Å². The third-order valence-corrected chi connectivity index (χ3v) is 3.68. The fourth-order valence-corrected chi connectivity index (χ4v) is 2.32. The molecule has 0 aliphatic carbocycles. The molecule has 1 N–H and O–H groups in total. The van der Waals surface area contributed by atoms with Gasteiger partial charge in [-0.1, -0.05) is 53.5 Å². The van der Waals surface area contributed by atoms with Crippen LogP contribution in [0, 0.1) is 0 Å². The standard InChI is InChI=1S/C16H17Cl2NO/c1-20-11-14-4-2-3-12(7-14)9-19-10-13-5-6-15(17)16(18)8-13/h2-8,19H,9-11H2,1H3. The van der Waals surface area contributed by atoms with Crippen LogP contribution in [-0.4, -0.2) is 7.11 Å². The van der Waals surface area contributed by atoms with E-state index in [1.165, 1.54) is 11.1 Å². The van der Waals surface area contributed by atoms with Gasteiger partial charge < -0.3 is 10.1 Å². The van der Waals surface area contributed by atoms with Crippen molar-refractivity contribution >= 4 is 23.2 Å². The van der Waals surface area contributed by atoms with Crippen molar-refractivity contribution in [1.29, 1.82) is 0 Å². The summed E-state index contributed by atoms with van der Waals surface area (Å²) in [5, 5.41) is 4.57. The second-order valence-corrected chi connectivity index (χ2v) is 5.42. The highest BCUT2D eigenvalue weighted by Crippen LogP contribution is 2.22. The first kappa shape index (κ1) is 15.3. The van der Waals surface area contributed by atoms with Crippen LogP contribution in [0.5, 0.6) is 0 Å². The lowest BCUT2D eigenvalue weighted by Crippen LogP contribution is -2.12. The molecule has 0 aliphatic heterocycles. The summed E-state index contributed by atoms with van der Waals surface area (Å²) in [5.41, 5.74) is 3.54. The Morgan fingerprint density at radius 1 is 0.900 bits per heavy atom. The molecule has 0 atom stereocenters. The SMILES string of the molecule is COCc1cccc(CNCc2ccc(Cl)c(Cl)c2)c1. The van der Waals surface area contributed by atoms with Crippen LogP contribution in [0.1, 0.15) is 16.7 Å². The van der Waals surface area contributed by atoms with Crippen LogP contribution in [0.2, 0.25) is 10.0 Å². The minimum Gasteiger partial charge on any atom is -0.380 e. The van der Waals surface area contributed by atoms with E-state index in [1.807, 2.05) is 24.3 Å². The Morgan fingerprint density at radius 3 is 2.30 bits per heavy atom. The van der Waals surface area contributed by atoms with E-state index in [9.17, 15) is 0 Å². The van der Waals surface area contributed by atoms with Crippen LogP contribution in [0.4, 0.5) is 0 Å². The molecule has 0 aliphatic rings. The molecule has 2 aromatic rings. The molecule has 4 heteroatoms. The fourth-order valence-electron chi connectivity index (χ4n) is 2.00. The molecule has 0 spiro atoms. The third-order valence-electron chi connectivity index (χ3n) is 2.94. The van der Waals surface area contributed by atoms with Gasteiger partial charge in [-0.3, -0.25) is 0 Å². The number of halogens is 2. The summed E-state index contributed by atoms with van der Waals surface area (Å²) in [4.78, 5) is 0. The quantitative estimate of drug-likeness (QED) is 0.852. The minimum atomic E-state index is 0.586. The zero-order chi connectivity index (χ0) is 14.4. The fraction of sp³-hybridized carbons (Fsp3) is 0.250. The predicted octanol–water partition coefficient (Wildman–Crippen LogP) is 4.43. The van der Waals surface area contributed by atoms with Crippen LogP contribution in [0.3, 0.4) is 0 Å². The van der Waals surface area contributed by atoms with Crippen molar-refractivity contribution in [3.63, 3.8) is 0 Å². The highest BCUT2D eigenvalue weighted by Gasteiger charge is 2.00. The number of rotatable bonds is 6. The summed E-state index contributed by atoms with van der Waals surface area (Å²) in [6.07, 6.45) is 0. The summed E-state index contributed by atoms with van der Waals surface area (Å²) >= 11 is 11.9. The van der Waals surface area contributed by atoms with Crippen molar-refractivity contribution in [2.75, 3.05) is 7.11 Å². The van der Waals surface area contributed by atoms with E-state index in [4.69, 9.17) is 27.9 Å². The van der Waals surface area contributed by atoms with E-state index in [0.29, 0.717) is 16.7 Å². The van der Waals surface area contributed by atoms with Crippen molar-refractivity contribution in [1.82, 2.24) is 5.32 Å².